The summed E-state index contributed by atoms with van der Waals surface area (Å²) < 4.78 is 41.0. The number of imidazole rings is 1. The van der Waals surface area contributed by atoms with Crippen LogP contribution in [0, 0.1) is 0 Å². The average molecular weight is 420 g/mol. The van der Waals surface area contributed by atoms with Crippen molar-refractivity contribution >= 4 is 21.4 Å². The van der Waals surface area contributed by atoms with E-state index in [1.54, 1.807) is 16.6 Å². The number of rotatable bonds is 4. The van der Waals surface area contributed by atoms with Gasteiger partial charge in [0.05, 0.1) is 17.6 Å². The molecule has 1 N–H and O–H groups in total. The molecule has 0 aliphatic carbocycles. The van der Waals surface area contributed by atoms with Crippen LogP contribution in [0.2, 0.25) is 0 Å². The topological polar surface area (TPSA) is 60.0 Å². The third kappa shape index (κ3) is 4.12. The molecule has 10 heteroatoms. The lowest BCUT2D eigenvalue weighted by Gasteiger charge is -2.13. The predicted octanol–water partition coefficient (Wildman–Crippen LogP) is 4.90. The molecule has 0 aliphatic heterocycles. The first-order valence-electron chi connectivity index (χ1n) is 8.92. The summed E-state index contributed by atoms with van der Waals surface area (Å²) in [5.41, 5.74) is 1.59. The zero-order valence-corrected chi connectivity index (χ0v) is 16.8. The third-order valence-corrected chi connectivity index (χ3v) is 5.22. The molecule has 4 rings (SSSR count). The summed E-state index contributed by atoms with van der Waals surface area (Å²) in [6.07, 6.45) is -1.21. The first-order valence-corrected chi connectivity index (χ1v) is 9.74. The number of aromatic nitrogens is 5. The summed E-state index contributed by atoms with van der Waals surface area (Å²) in [5, 5.41) is 12.1. The molecule has 29 heavy (non-hydrogen) atoms. The van der Waals surface area contributed by atoms with Gasteiger partial charge in [-0.1, -0.05) is 44.2 Å². The van der Waals surface area contributed by atoms with Crippen LogP contribution in [0.3, 0.4) is 0 Å². The summed E-state index contributed by atoms with van der Waals surface area (Å²) >= 11 is 1.47. The lowest BCUT2D eigenvalue weighted by Crippen LogP contribution is -2.11. The molecule has 0 amide bonds. The van der Waals surface area contributed by atoms with Gasteiger partial charge in [0, 0.05) is 18.2 Å². The highest BCUT2D eigenvalue weighted by molar-refractivity contribution is 7.20. The van der Waals surface area contributed by atoms with E-state index >= 15 is 0 Å². The van der Waals surface area contributed by atoms with Gasteiger partial charge in [-0.15, -0.1) is 5.10 Å². The van der Waals surface area contributed by atoms with Crippen LogP contribution in [0.25, 0.3) is 10.6 Å². The van der Waals surface area contributed by atoms with Crippen LogP contribution in [0.4, 0.5) is 18.3 Å². The molecule has 0 atom stereocenters. The molecule has 0 fully saturated rings. The van der Waals surface area contributed by atoms with Gasteiger partial charge in [-0.2, -0.15) is 18.3 Å². The van der Waals surface area contributed by atoms with Crippen LogP contribution in [-0.2, 0) is 18.1 Å². The van der Waals surface area contributed by atoms with E-state index in [4.69, 9.17) is 0 Å². The second-order valence-corrected chi connectivity index (χ2v) is 8.63. The normalized spacial score (nSPS) is 12.6. The van der Waals surface area contributed by atoms with Crippen LogP contribution in [-0.4, -0.2) is 24.4 Å². The minimum atomic E-state index is -4.45. The van der Waals surface area contributed by atoms with Gasteiger partial charge < -0.3 is 5.32 Å². The fraction of sp³-hybridized carbons (Fsp3) is 0.316. The average Bonchev–Trinajstić information content (AvgIpc) is 3.33. The highest BCUT2D eigenvalue weighted by atomic mass is 32.1. The molecule has 1 aromatic carbocycles. The summed E-state index contributed by atoms with van der Waals surface area (Å²) in [6.45, 7) is 6.86. The number of nitrogens with one attached hydrogen (secondary N) is 1. The van der Waals surface area contributed by atoms with Crippen LogP contribution in [0.15, 0.2) is 42.7 Å². The Kier molecular flexibility index (Phi) is 4.60. The number of benzene rings is 1. The molecule has 6 nitrogen and oxygen atoms in total. The Bertz CT molecular complexity index is 1100. The number of anilines is 1. The number of halogens is 3. The molecule has 0 saturated carbocycles. The van der Waals surface area contributed by atoms with Gasteiger partial charge in [-0.05, 0) is 23.8 Å². The summed E-state index contributed by atoms with van der Waals surface area (Å²) in [7, 11) is 0. The third-order valence-electron chi connectivity index (χ3n) is 4.34. The Morgan fingerprint density at radius 1 is 1.00 bits per heavy atom. The van der Waals surface area contributed by atoms with E-state index in [2.05, 4.69) is 41.3 Å². The fourth-order valence-electron chi connectivity index (χ4n) is 2.70. The van der Waals surface area contributed by atoms with Crippen molar-refractivity contribution in [2.24, 2.45) is 0 Å². The van der Waals surface area contributed by atoms with Gasteiger partial charge in [-0.25, -0.2) is 14.2 Å². The molecule has 0 unspecified atom stereocenters. The molecule has 0 bridgehead atoms. The number of hydrogen-bond donors (Lipinski definition) is 1. The number of fused-ring (bicyclic) bond motifs is 1. The van der Waals surface area contributed by atoms with Gasteiger partial charge in [-0.3, -0.25) is 0 Å². The minimum absolute atomic E-state index is 0.0296. The second kappa shape index (κ2) is 6.87. The number of alkyl halides is 3. The van der Waals surface area contributed by atoms with Crippen molar-refractivity contribution in [3.8, 4) is 5.69 Å². The van der Waals surface area contributed by atoms with Crippen LogP contribution >= 0.6 is 11.3 Å². The SMILES string of the molecule is CC(C)(C)c1cn2nc(NCc3ccc(-n4ccc(C(F)(F)F)n4)cc3)sc2n1. The largest absolute Gasteiger partial charge is 0.435 e. The maximum atomic E-state index is 12.7. The number of nitrogens with zero attached hydrogens (tertiary/aromatic N) is 5. The Morgan fingerprint density at radius 2 is 1.72 bits per heavy atom. The van der Waals surface area contributed by atoms with Crippen molar-refractivity contribution < 1.29 is 13.2 Å². The maximum absolute atomic E-state index is 12.7. The van der Waals surface area contributed by atoms with Crippen molar-refractivity contribution in [2.75, 3.05) is 5.32 Å². The van der Waals surface area contributed by atoms with E-state index in [-0.39, 0.29) is 5.41 Å². The van der Waals surface area contributed by atoms with Gasteiger partial charge >= 0.3 is 6.18 Å². The zero-order valence-electron chi connectivity index (χ0n) is 16.0. The molecule has 0 spiro atoms. The van der Waals surface area contributed by atoms with Gasteiger partial charge in [0.25, 0.3) is 0 Å². The molecule has 3 heterocycles. The van der Waals surface area contributed by atoms with Crippen LogP contribution in [0.5, 0.6) is 0 Å². The second-order valence-electron chi connectivity index (χ2n) is 7.67. The Balaban J connectivity index is 1.42. The smallest absolute Gasteiger partial charge is 0.356 e. The van der Waals surface area contributed by atoms with E-state index in [1.165, 1.54) is 22.2 Å². The Hall–Kier alpha value is -2.88. The van der Waals surface area contributed by atoms with Gasteiger partial charge in [0.1, 0.15) is 0 Å². The maximum Gasteiger partial charge on any atom is 0.435 e. The predicted molar refractivity (Wildman–Crippen MR) is 105 cm³/mol. The van der Waals surface area contributed by atoms with Crippen molar-refractivity contribution in [3.05, 3.63) is 59.7 Å². The Labute approximate surface area is 169 Å². The van der Waals surface area contributed by atoms with Crippen LogP contribution in [0.1, 0.15) is 37.7 Å². The minimum Gasteiger partial charge on any atom is -0.356 e. The summed E-state index contributed by atoms with van der Waals surface area (Å²) in [5.74, 6) is 0. The molecular weight excluding hydrogens is 401 g/mol. The van der Waals surface area contributed by atoms with Gasteiger partial charge in [0.15, 0.2) is 5.69 Å². The van der Waals surface area contributed by atoms with E-state index in [0.717, 1.165) is 27.4 Å². The molecule has 0 saturated heterocycles. The summed E-state index contributed by atoms with van der Waals surface area (Å²) in [6, 6.07) is 8.10. The Morgan fingerprint density at radius 3 is 2.31 bits per heavy atom. The lowest BCUT2D eigenvalue weighted by molar-refractivity contribution is -0.141. The molecule has 0 aliphatic rings. The van der Waals surface area contributed by atoms with Crippen molar-refractivity contribution in [1.29, 1.82) is 0 Å². The van der Waals surface area contributed by atoms with Crippen molar-refractivity contribution in [1.82, 2.24) is 24.4 Å². The zero-order chi connectivity index (χ0) is 20.8. The molecular formula is C19H19F3N6S. The van der Waals surface area contributed by atoms with E-state index in [1.807, 2.05) is 18.3 Å². The molecule has 0 radical (unpaired) electrons. The van der Waals surface area contributed by atoms with Gasteiger partial charge in [0.2, 0.25) is 10.1 Å². The monoisotopic (exact) mass is 420 g/mol. The van der Waals surface area contributed by atoms with Crippen molar-refractivity contribution in [2.45, 2.75) is 38.9 Å². The van der Waals surface area contributed by atoms with E-state index < -0.39 is 11.9 Å². The molecule has 152 valence electrons. The highest BCUT2D eigenvalue weighted by Gasteiger charge is 2.33. The summed E-state index contributed by atoms with van der Waals surface area (Å²) in [4.78, 5) is 5.44. The molecule has 3 aromatic heterocycles. The first kappa shape index (κ1) is 19.4. The fourth-order valence-corrected chi connectivity index (χ4v) is 3.47. The standard InChI is InChI=1S/C19H19F3N6S/c1-18(2,3)15-11-28-17(24-15)29-16(26-28)23-10-12-4-6-13(7-5-12)27-9-8-14(25-27)19(20,21)22/h4-9,11H,10H2,1-3H3,(H,23,26). The van der Waals surface area contributed by atoms with Crippen molar-refractivity contribution in [3.63, 3.8) is 0 Å². The van der Waals surface area contributed by atoms with E-state index in [0.29, 0.717) is 12.2 Å². The van der Waals surface area contributed by atoms with E-state index in [9.17, 15) is 13.2 Å². The number of hydrogen-bond acceptors (Lipinski definition) is 5. The lowest BCUT2D eigenvalue weighted by atomic mass is 9.93. The quantitative estimate of drug-likeness (QED) is 0.510. The van der Waals surface area contributed by atoms with Crippen LogP contribution < -0.4 is 5.32 Å². The highest BCUT2D eigenvalue weighted by Crippen LogP contribution is 2.28. The first-order chi connectivity index (χ1) is 13.6. The molecule has 4 aromatic rings.